The Bertz CT molecular complexity index is 1110. The first-order valence-corrected chi connectivity index (χ1v) is 10.9. The quantitative estimate of drug-likeness (QED) is 0.328. The molecule has 0 aliphatic heterocycles. The SMILES string of the molecule is CCNC(=O)c1ccccc1NC(=S)NC(=O)c1ccccc1OCCOc1ccccc1. The lowest BCUT2D eigenvalue weighted by Gasteiger charge is -2.15. The first kappa shape index (κ1) is 23.7. The van der Waals surface area contributed by atoms with Crippen molar-refractivity contribution in [3.63, 3.8) is 0 Å². The van der Waals surface area contributed by atoms with Gasteiger partial charge in [0.1, 0.15) is 24.7 Å². The fourth-order valence-corrected chi connectivity index (χ4v) is 3.18. The van der Waals surface area contributed by atoms with Crippen LogP contribution in [0.2, 0.25) is 0 Å². The van der Waals surface area contributed by atoms with Gasteiger partial charge < -0.3 is 20.1 Å². The van der Waals surface area contributed by atoms with E-state index >= 15 is 0 Å². The van der Waals surface area contributed by atoms with Gasteiger partial charge in [-0.05, 0) is 55.5 Å². The second-order valence-corrected chi connectivity index (χ2v) is 7.23. The number of carbonyl (C=O) groups excluding carboxylic acids is 2. The van der Waals surface area contributed by atoms with Crippen molar-refractivity contribution < 1.29 is 19.1 Å². The minimum atomic E-state index is -0.428. The highest BCUT2D eigenvalue weighted by Crippen LogP contribution is 2.19. The molecule has 0 saturated heterocycles. The third kappa shape index (κ3) is 7.05. The zero-order valence-electron chi connectivity index (χ0n) is 18.2. The van der Waals surface area contributed by atoms with Gasteiger partial charge in [0, 0.05) is 6.54 Å². The number of benzene rings is 3. The maximum Gasteiger partial charge on any atom is 0.261 e. The normalized spacial score (nSPS) is 10.1. The van der Waals surface area contributed by atoms with Crippen LogP contribution >= 0.6 is 12.2 Å². The van der Waals surface area contributed by atoms with Crippen LogP contribution in [0.5, 0.6) is 11.5 Å². The average Bonchev–Trinajstić information content (AvgIpc) is 2.83. The highest BCUT2D eigenvalue weighted by molar-refractivity contribution is 7.80. The summed E-state index contributed by atoms with van der Waals surface area (Å²) < 4.78 is 11.4. The van der Waals surface area contributed by atoms with E-state index in [4.69, 9.17) is 21.7 Å². The molecule has 33 heavy (non-hydrogen) atoms. The van der Waals surface area contributed by atoms with Crippen molar-refractivity contribution in [2.45, 2.75) is 6.92 Å². The van der Waals surface area contributed by atoms with Gasteiger partial charge >= 0.3 is 0 Å². The average molecular weight is 464 g/mol. The molecule has 3 aromatic carbocycles. The van der Waals surface area contributed by atoms with Crippen molar-refractivity contribution in [3.8, 4) is 11.5 Å². The summed E-state index contributed by atoms with van der Waals surface area (Å²) in [5.41, 5.74) is 1.26. The molecule has 0 heterocycles. The number of anilines is 1. The van der Waals surface area contributed by atoms with Gasteiger partial charge in [0.2, 0.25) is 0 Å². The lowest BCUT2D eigenvalue weighted by molar-refractivity contribution is 0.0953. The van der Waals surface area contributed by atoms with Gasteiger partial charge in [-0.2, -0.15) is 0 Å². The van der Waals surface area contributed by atoms with E-state index < -0.39 is 5.91 Å². The molecule has 8 heteroatoms. The van der Waals surface area contributed by atoms with E-state index in [1.54, 1.807) is 48.5 Å². The highest BCUT2D eigenvalue weighted by atomic mass is 32.1. The summed E-state index contributed by atoms with van der Waals surface area (Å²) in [6, 6.07) is 23.2. The molecule has 0 aromatic heterocycles. The van der Waals surface area contributed by atoms with Gasteiger partial charge in [0.15, 0.2) is 5.11 Å². The van der Waals surface area contributed by atoms with Crippen molar-refractivity contribution in [1.29, 1.82) is 0 Å². The van der Waals surface area contributed by atoms with Gasteiger partial charge in [-0.1, -0.05) is 42.5 Å². The zero-order valence-corrected chi connectivity index (χ0v) is 19.0. The Kier molecular flexibility index (Phi) is 8.79. The molecule has 3 N–H and O–H groups in total. The van der Waals surface area contributed by atoms with Gasteiger partial charge in [-0.15, -0.1) is 0 Å². The number of carbonyl (C=O) groups is 2. The molecule has 7 nitrogen and oxygen atoms in total. The summed E-state index contributed by atoms with van der Waals surface area (Å²) in [6.07, 6.45) is 0. The van der Waals surface area contributed by atoms with Gasteiger partial charge in [0.25, 0.3) is 11.8 Å². The van der Waals surface area contributed by atoms with E-state index in [0.717, 1.165) is 5.75 Å². The minimum Gasteiger partial charge on any atom is -0.490 e. The van der Waals surface area contributed by atoms with Crippen molar-refractivity contribution in [1.82, 2.24) is 10.6 Å². The molecular formula is C25H25N3O4S. The predicted octanol–water partition coefficient (Wildman–Crippen LogP) is 4.02. The summed E-state index contributed by atoms with van der Waals surface area (Å²) in [4.78, 5) is 25.1. The lowest BCUT2D eigenvalue weighted by Crippen LogP contribution is -2.35. The predicted molar refractivity (Wildman–Crippen MR) is 132 cm³/mol. The molecule has 170 valence electrons. The van der Waals surface area contributed by atoms with Crippen molar-refractivity contribution >= 4 is 34.8 Å². The molecule has 0 saturated carbocycles. The van der Waals surface area contributed by atoms with Crippen molar-refractivity contribution in [2.75, 3.05) is 25.1 Å². The summed E-state index contributed by atoms with van der Waals surface area (Å²) in [6.45, 7) is 2.94. The first-order valence-electron chi connectivity index (χ1n) is 10.5. The lowest BCUT2D eigenvalue weighted by atomic mass is 10.1. The summed E-state index contributed by atoms with van der Waals surface area (Å²) in [7, 11) is 0. The van der Waals surface area contributed by atoms with E-state index in [9.17, 15) is 9.59 Å². The third-order valence-electron chi connectivity index (χ3n) is 4.47. The number of thiocarbonyl (C=S) groups is 1. The number of para-hydroxylation sites is 3. The second-order valence-electron chi connectivity index (χ2n) is 6.82. The topological polar surface area (TPSA) is 88.7 Å². The molecule has 0 aliphatic carbocycles. The van der Waals surface area contributed by atoms with E-state index in [-0.39, 0.29) is 17.6 Å². The number of nitrogens with one attached hydrogen (secondary N) is 3. The zero-order chi connectivity index (χ0) is 23.5. The van der Waals surface area contributed by atoms with Crippen LogP contribution in [0.3, 0.4) is 0 Å². The van der Waals surface area contributed by atoms with Crippen LogP contribution < -0.4 is 25.4 Å². The molecule has 0 unspecified atom stereocenters. The largest absolute Gasteiger partial charge is 0.490 e. The summed E-state index contributed by atoms with van der Waals surface area (Å²) in [5.74, 6) is 0.502. The standard InChI is InChI=1S/C25H25N3O4S/c1-2-26-23(29)19-12-6-8-14-21(19)27-25(33)28-24(30)20-13-7-9-15-22(20)32-17-16-31-18-10-4-3-5-11-18/h3-15H,2,16-17H2,1H3,(H,26,29)(H2,27,28,30,33). The Morgan fingerprint density at radius 2 is 1.42 bits per heavy atom. The number of ether oxygens (including phenoxy) is 2. The van der Waals surface area contributed by atoms with E-state index in [1.165, 1.54) is 0 Å². The highest BCUT2D eigenvalue weighted by Gasteiger charge is 2.15. The molecule has 3 aromatic rings. The van der Waals surface area contributed by atoms with Crippen molar-refractivity contribution in [2.24, 2.45) is 0 Å². The van der Waals surface area contributed by atoms with Crippen LogP contribution in [0.15, 0.2) is 78.9 Å². The second kappa shape index (κ2) is 12.2. The van der Waals surface area contributed by atoms with Crippen LogP contribution in [0.4, 0.5) is 5.69 Å². The fourth-order valence-electron chi connectivity index (χ4n) is 2.98. The van der Waals surface area contributed by atoms with Crippen LogP contribution in [0.1, 0.15) is 27.6 Å². The molecule has 0 bridgehead atoms. The number of amides is 2. The summed E-state index contributed by atoms with van der Waals surface area (Å²) in [5, 5.41) is 8.37. The molecular weight excluding hydrogens is 438 g/mol. The van der Waals surface area contributed by atoms with E-state index in [0.29, 0.717) is 35.7 Å². The Labute approximate surface area is 198 Å². The monoisotopic (exact) mass is 463 g/mol. The maximum atomic E-state index is 12.8. The van der Waals surface area contributed by atoms with Crippen LogP contribution in [0, 0.1) is 0 Å². The Morgan fingerprint density at radius 1 is 0.788 bits per heavy atom. The molecule has 3 rings (SSSR count). The fraction of sp³-hybridized carbons (Fsp3) is 0.160. The Balaban J connectivity index is 1.58. The number of hydrogen-bond donors (Lipinski definition) is 3. The number of hydrogen-bond acceptors (Lipinski definition) is 5. The van der Waals surface area contributed by atoms with E-state index in [1.807, 2.05) is 37.3 Å². The third-order valence-corrected chi connectivity index (χ3v) is 4.67. The van der Waals surface area contributed by atoms with E-state index in [2.05, 4.69) is 16.0 Å². The molecule has 2 amide bonds. The number of rotatable bonds is 9. The van der Waals surface area contributed by atoms with Gasteiger partial charge in [-0.25, -0.2) is 0 Å². The van der Waals surface area contributed by atoms with Crippen molar-refractivity contribution in [3.05, 3.63) is 90.0 Å². The Hall–Kier alpha value is -3.91. The molecule has 0 radical (unpaired) electrons. The van der Waals surface area contributed by atoms with Gasteiger partial charge in [-0.3, -0.25) is 14.9 Å². The Morgan fingerprint density at radius 3 is 2.18 bits per heavy atom. The molecule has 0 atom stereocenters. The minimum absolute atomic E-state index is 0.0685. The van der Waals surface area contributed by atoms with Crippen LogP contribution in [0.25, 0.3) is 0 Å². The van der Waals surface area contributed by atoms with Crippen LogP contribution in [-0.2, 0) is 0 Å². The van der Waals surface area contributed by atoms with Gasteiger partial charge in [0.05, 0.1) is 16.8 Å². The molecule has 0 spiro atoms. The first-order chi connectivity index (χ1) is 16.1. The maximum absolute atomic E-state index is 12.8. The molecule has 0 fully saturated rings. The smallest absolute Gasteiger partial charge is 0.261 e. The molecule has 0 aliphatic rings. The van der Waals surface area contributed by atoms with Crippen LogP contribution in [-0.4, -0.2) is 36.7 Å². The summed E-state index contributed by atoms with van der Waals surface area (Å²) >= 11 is 5.29.